The maximum absolute atomic E-state index is 13.5. The number of halogens is 1. The zero-order valence-electron chi connectivity index (χ0n) is 18.2. The van der Waals surface area contributed by atoms with E-state index in [0.717, 1.165) is 56.1 Å². The van der Waals surface area contributed by atoms with Gasteiger partial charge in [-0.2, -0.15) is 0 Å². The third-order valence-corrected chi connectivity index (χ3v) is 7.86. The maximum atomic E-state index is 13.5. The molecular formula is C22H36BrN2O3P. The second-order valence-corrected chi connectivity index (χ2v) is 11.2. The van der Waals surface area contributed by atoms with Gasteiger partial charge in [0.1, 0.15) is 11.5 Å². The van der Waals surface area contributed by atoms with Crippen LogP contribution in [0.3, 0.4) is 0 Å². The molecule has 1 aromatic carbocycles. The number of unbranched alkanes of at least 4 members (excludes halogenated alkanes) is 2. The third-order valence-electron chi connectivity index (χ3n) is 5.35. The summed E-state index contributed by atoms with van der Waals surface area (Å²) >= 11 is 3.37. The summed E-state index contributed by atoms with van der Waals surface area (Å²) in [6.45, 7) is 4.83. The van der Waals surface area contributed by atoms with Gasteiger partial charge in [0.05, 0.1) is 0 Å². The molecule has 1 aliphatic rings. The fourth-order valence-corrected chi connectivity index (χ4v) is 5.58. The van der Waals surface area contributed by atoms with Crippen LogP contribution in [0.4, 0.5) is 0 Å². The Labute approximate surface area is 184 Å². The van der Waals surface area contributed by atoms with Gasteiger partial charge < -0.3 is 9.63 Å². The first kappa shape index (κ1) is 24.5. The molecule has 1 aliphatic carbocycles. The first-order valence-electron chi connectivity index (χ1n) is 10.6. The van der Waals surface area contributed by atoms with Gasteiger partial charge in [-0.1, -0.05) is 47.3 Å². The molecule has 29 heavy (non-hydrogen) atoms. The van der Waals surface area contributed by atoms with E-state index in [1.807, 2.05) is 12.1 Å². The summed E-state index contributed by atoms with van der Waals surface area (Å²) in [5, 5.41) is 14.7. The van der Waals surface area contributed by atoms with Crippen molar-refractivity contribution in [3.63, 3.8) is 0 Å². The summed E-state index contributed by atoms with van der Waals surface area (Å²) in [4.78, 5) is 0. The van der Waals surface area contributed by atoms with Crippen LogP contribution in [0.2, 0.25) is 0 Å². The highest BCUT2D eigenvalue weighted by Crippen LogP contribution is 2.50. The van der Waals surface area contributed by atoms with Crippen molar-refractivity contribution < 1.29 is 14.2 Å². The number of aromatic hydroxyl groups is 1. The predicted octanol–water partition coefficient (Wildman–Crippen LogP) is 6.37. The van der Waals surface area contributed by atoms with Crippen molar-refractivity contribution in [1.82, 2.24) is 9.76 Å². The van der Waals surface area contributed by atoms with E-state index in [1.54, 1.807) is 18.8 Å². The Bertz CT molecular complexity index is 752. The van der Waals surface area contributed by atoms with Crippen molar-refractivity contribution in [2.24, 2.45) is 0 Å². The number of phenols is 1. The topological polar surface area (TPSA) is 61.8 Å². The van der Waals surface area contributed by atoms with E-state index in [9.17, 15) is 9.67 Å². The van der Waals surface area contributed by atoms with Crippen molar-refractivity contribution >= 4 is 23.6 Å². The van der Waals surface area contributed by atoms with E-state index in [0.29, 0.717) is 17.6 Å². The lowest BCUT2D eigenvalue weighted by molar-refractivity contribution is 0.394. The molecular weight excluding hydrogens is 451 g/mol. The number of alkyl halides is 1. The van der Waals surface area contributed by atoms with Gasteiger partial charge in [-0.3, -0.25) is 0 Å². The molecule has 2 N–H and O–H groups in total. The number of nitrogens with zero attached hydrogens (tertiary/aromatic N) is 1. The molecule has 0 amide bonds. The van der Waals surface area contributed by atoms with E-state index in [1.165, 1.54) is 5.57 Å². The van der Waals surface area contributed by atoms with Gasteiger partial charge >= 0.3 is 7.67 Å². The summed E-state index contributed by atoms with van der Waals surface area (Å²) in [7, 11) is 0.222. The van der Waals surface area contributed by atoms with E-state index in [2.05, 4.69) is 40.9 Å². The Morgan fingerprint density at radius 2 is 2.10 bits per heavy atom. The summed E-state index contributed by atoms with van der Waals surface area (Å²) in [5.41, 5.74) is 3.11. The molecule has 0 radical (unpaired) electrons. The van der Waals surface area contributed by atoms with Gasteiger partial charge in [0.25, 0.3) is 0 Å². The van der Waals surface area contributed by atoms with Crippen molar-refractivity contribution in [3.8, 4) is 11.5 Å². The van der Waals surface area contributed by atoms with Crippen molar-refractivity contribution in [2.45, 2.75) is 64.7 Å². The van der Waals surface area contributed by atoms with Gasteiger partial charge in [-0.05, 0) is 70.8 Å². The van der Waals surface area contributed by atoms with Crippen LogP contribution in [0.25, 0.3) is 0 Å². The number of phenolic OH excluding ortho intramolecular Hbond substituents is 1. The summed E-state index contributed by atoms with van der Waals surface area (Å²) in [5.74, 6) is 0.859. The highest BCUT2D eigenvalue weighted by Gasteiger charge is 2.31. The van der Waals surface area contributed by atoms with Crippen LogP contribution >= 0.6 is 23.6 Å². The van der Waals surface area contributed by atoms with Crippen LogP contribution in [0.15, 0.2) is 23.8 Å². The normalized spacial score (nSPS) is 19.1. The van der Waals surface area contributed by atoms with E-state index < -0.39 is 7.67 Å². The molecule has 0 saturated heterocycles. The van der Waals surface area contributed by atoms with Gasteiger partial charge in [-0.15, -0.1) is 0 Å². The molecule has 2 atom stereocenters. The minimum absolute atomic E-state index is 0.0789. The van der Waals surface area contributed by atoms with Gasteiger partial charge in [-0.25, -0.2) is 14.3 Å². The lowest BCUT2D eigenvalue weighted by atomic mass is 9.84. The van der Waals surface area contributed by atoms with Crippen LogP contribution in [-0.2, 0) is 11.0 Å². The van der Waals surface area contributed by atoms with Gasteiger partial charge in [0, 0.05) is 23.4 Å². The van der Waals surface area contributed by atoms with Crippen molar-refractivity contribution in [2.75, 3.05) is 26.0 Å². The van der Waals surface area contributed by atoms with Gasteiger partial charge in [0.2, 0.25) is 0 Å². The lowest BCUT2D eigenvalue weighted by Gasteiger charge is -2.29. The van der Waals surface area contributed by atoms with E-state index in [4.69, 9.17) is 4.52 Å². The number of hydrogen-bond acceptors (Lipinski definition) is 3. The molecule has 0 fully saturated rings. The number of hydrogen-bond donors (Lipinski definition) is 2. The monoisotopic (exact) mass is 486 g/mol. The predicted molar refractivity (Wildman–Crippen MR) is 125 cm³/mol. The zero-order chi connectivity index (χ0) is 21.4. The van der Waals surface area contributed by atoms with Crippen LogP contribution in [0, 0.1) is 0 Å². The Hall–Kier alpha value is -0.810. The lowest BCUT2D eigenvalue weighted by Crippen LogP contribution is -2.27. The SMILES string of the molecule is CCCCCc1cc(O)c([C@@H]2C=C(C)CCC2)c(OP(=O)(NCCBr)N(C)C)c1. The summed E-state index contributed by atoms with van der Waals surface area (Å²) in [6, 6.07) is 3.84. The molecule has 0 aliphatic heterocycles. The standard InChI is InChI=1S/C22H36BrN2O3P/c1-5-6-7-10-18-15-20(26)22(19-11-8-9-17(2)14-19)21(16-18)28-29(27,25(3)4)24-13-12-23/h14-16,19,26H,5-13H2,1-4H3,(H,24,27)/t19-,29?/m0/s1. The molecule has 164 valence electrons. The molecule has 0 bridgehead atoms. The first-order valence-corrected chi connectivity index (χ1v) is 13.3. The minimum atomic E-state index is -3.27. The van der Waals surface area contributed by atoms with Crippen LogP contribution < -0.4 is 9.61 Å². The molecule has 1 aromatic rings. The second kappa shape index (κ2) is 11.5. The summed E-state index contributed by atoms with van der Waals surface area (Å²) in [6.07, 6.45) is 9.57. The van der Waals surface area contributed by atoms with E-state index >= 15 is 0 Å². The van der Waals surface area contributed by atoms with Crippen LogP contribution in [-0.4, -0.2) is 35.7 Å². The Morgan fingerprint density at radius 1 is 1.34 bits per heavy atom. The third kappa shape index (κ3) is 6.85. The Morgan fingerprint density at radius 3 is 2.72 bits per heavy atom. The number of benzene rings is 1. The Balaban J connectivity index is 2.46. The minimum Gasteiger partial charge on any atom is -0.507 e. The largest absolute Gasteiger partial charge is 0.507 e. The highest BCUT2D eigenvalue weighted by molar-refractivity contribution is 9.09. The molecule has 7 heteroatoms. The highest BCUT2D eigenvalue weighted by atomic mass is 79.9. The molecule has 0 heterocycles. The number of allylic oxidation sites excluding steroid dienone is 2. The average Bonchev–Trinajstić information content (AvgIpc) is 2.66. The molecule has 5 nitrogen and oxygen atoms in total. The fourth-order valence-electron chi connectivity index (χ4n) is 3.75. The zero-order valence-corrected chi connectivity index (χ0v) is 20.7. The van der Waals surface area contributed by atoms with Crippen LogP contribution in [0.1, 0.15) is 69.4 Å². The number of nitrogens with one attached hydrogen (secondary N) is 1. The quantitative estimate of drug-likeness (QED) is 0.164. The smallest absolute Gasteiger partial charge is 0.392 e. The van der Waals surface area contributed by atoms with Crippen molar-refractivity contribution in [1.29, 1.82) is 0 Å². The van der Waals surface area contributed by atoms with E-state index in [-0.39, 0.29) is 11.7 Å². The molecule has 1 unspecified atom stereocenters. The maximum Gasteiger partial charge on any atom is 0.392 e. The molecule has 0 aromatic heterocycles. The van der Waals surface area contributed by atoms with Gasteiger partial charge in [0.15, 0.2) is 0 Å². The molecule has 2 rings (SSSR count). The van der Waals surface area contributed by atoms with Crippen LogP contribution in [0.5, 0.6) is 11.5 Å². The average molecular weight is 487 g/mol. The number of rotatable bonds is 11. The molecule has 0 spiro atoms. The second-order valence-electron chi connectivity index (χ2n) is 8.05. The van der Waals surface area contributed by atoms with Crippen molar-refractivity contribution in [3.05, 3.63) is 34.9 Å². The molecule has 0 saturated carbocycles. The fraction of sp³-hybridized carbons (Fsp3) is 0.636. The first-order chi connectivity index (χ1) is 13.8. The Kier molecular flexibility index (Phi) is 9.74. The number of aryl methyl sites for hydroxylation is 1. The summed E-state index contributed by atoms with van der Waals surface area (Å²) < 4.78 is 21.3.